The lowest BCUT2D eigenvalue weighted by atomic mass is 10.1. The van der Waals surface area contributed by atoms with Gasteiger partial charge < -0.3 is 10.1 Å². The molecule has 0 radical (unpaired) electrons. The maximum Gasteiger partial charge on any atom is 0.306 e. The Morgan fingerprint density at radius 2 is 2.50 bits per heavy atom. The monoisotopic (exact) mass is 168 g/mol. The van der Waals surface area contributed by atoms with Gasteiger partial charge in [0.25, 0.3) is 0 Å². The molecule has 0 saturated carbocycles. The van der Waals surface area contributed by atoms with E-state index in [1.54, 1.807) is 13.1 Å². The summed E-state index contributed by atoms with van der Waals surface area (Å²) in [4.78, 5) is 17.5. The Bertz CT molecular complexity index is 280. The zero-order valence-corrected chi connectivity index (χ0v) is 7.16. The first-order valence-corrected chi connectivity index (χ1v) is 3.83. The number of imidazole rings is 1. The van der Waals surface area contributed by atoms with E-state index in [0.29, 0.717) is 6.42 Å². The summed E-state index contributed by atoms with van der Waals surface area (Å²) in [6.07, 6.45) is 2.16. The molecule has 12 heavy (non-hydrogen) atoms. The van der Waals surface area contributed by atoms with E-state index < -0.39 is 5.97 Å². The van der Waals surface area contributed by atoms with Gasteiger partial charge in [0.2, 0.25) is 0 Å². The molecule has 0 spiro atoms. The first kappa shape index (κ1) is 8.77. The zero-order valence-electron chi connectivity index (χ0n) is 7.16. The summed E-state index contributed by atoms with van der Waals surface area (Å²) in [5.41, 5.74) is 0.961. The second-order valence-corrected chi connectivity index (χ2v) is 2.96. The molecule has 0 aliphatic carbocycles. The number of hydrogen-bond donors (Lipinski definition) is 2. The summed E-state index contributed by atoms with van der Waals surface area (Å²) in [6.45, 7) is 3.56. The molecule has 1 aromatic heterocycles. The number of aromatic amines is 1. The Kier molecular flexibility index (Phi) is 2.47. The van der Waals surface area contributed by atoms with Crippen molar-refractivity contribution >= 4 is 5.97 Å². The summed E-state index contributed by atoms with van der Waals surface area (Å²) in [5, 5.41) is 8.61. The van der Waals surface area contributed by atoms with Gasteiger partial charge in [0.15, 0.2) is 0 Å². The van der Waals surface area contributed by atoms with Gasteiger partial charge in [0.05, 0.1) is 5.92 Å². The Balaban J connectivity index is 2.58. The number of aliphatic carboxylic acids is 1. The fraction of sp³-hybridized carbons (Fsp3) is 0.500. The molecule has 1 heterocycles. The second-order valence-electron chi connectivity index (χ2n) is 2.96. The molecule has 0 aliphatic rings. The molecule has 0 amide bonds. The molecule has 1 rings (SSSR count). The smallest absolute Gasteiger partial charge is 0.306 e. The first-order chi connectivity index (χ1) is 5.59. The maximum absolute atomic E-state index is 10.5. The molecule has 1 unspecified atom stereocenters. The van der Waals surface area contributed by atoms with Gasteiger partial charge in [0, 0.05) is 18.3 Å². The lowest BCUT2D eigenvalue weighted by Gasteiger charge is -2.01. The van der Waals surface area contributed by atoms with E-state index in [1.807, 2.05) is 6.92 Å². The van der Waals surface area contributed by atoms with Crippen LogP contribution in [-0.4, -0.2) is 21.0 Å². The molecule has 1 atom stereocenters. The van der Waals surface area contributed by atoms with Crippen LogP contribution in [0.5, 0.6) is 0 Å². The van der Waals surface area contributed by atoms with Crippen LogP contribution in [0.2, 0.25) is 0 Å². The number of carbonyl (C=O) groups is 1. The lowest BCUT2D eigenvalue weighted by Crippen LogP contribution is -2.12. The highest BCUT2D eigenvalue weighted by molar-refractivity contribution is 5.69. The predicted molar refractivity (Wildman–Crippen MR) is 43.8 cm³/mol. The minimum atomic E-state index is -0.788. The van der Waals surface area contributed by atoms with E-state index >= 15 is 0 Å². The van der Waals surface area contributed by atoms with Crippen molar-refractivity contribution in [1.29, 1.82) is 0 Å². The Morgan fingerprint density at radius 1 is 1.83 bits per heavy atom. The van der Waals surface area contributed by atoms with Gasteiger partial charge >= 0.3 is 5.97 Å². The van der Waals surface area contributed by atoms with Crippen molar-refractivity contribution in [2.45, 2.75) is 20.3 Å². The number of aryl methyl sites for hydroxylation is 1. The number of carboxylic acids is 1. The maximum atomic E-state index is 10.5. The molecule has 66 valence electrons. The van der Waals surface area contributed by atoms with Crippen LogP contribution in [0, 0.1) is 12.8 Å². The van der Waals surface area contributed by atoms with Crippen LogP contribution in [0.1, 0.15) is 18.4 Å². The van der Waals surface area contributed by atoms with Gasteiger partial charge in [-0.3, -0.25) is 4.79 Å². The quantitative estimate of drug-likeness (QED) is 0.707. The summed E-state index contributed by atoms with van der Waals surface area (Å²) in [6, 6.07) is 0. The predicted octanol–water partition coefficient (Wildman–Crippen LogP) is 0.981. The number of H-pyrrole nitrogens is 1. The minimum absolute atomic E-state index is 0.379. The number of carboxylic acid groups (broad SMARTS) is 1. The molecule has 0 aromatic carbocycles. The number of hydrogen-bond acceptors (Lipinski definition) is 2. The summed E-state index contributed by atoms with van der Waals surface area (Å²) < 4.78 is 0. The largest absolute Gasteiger partial charge is 0.481 e. The number of aromatic nitrogens is 2. The van der Waals surface area contributed by atoms with Crippen molar-refractivity contribution in [3.8, 4) is 0 Å². The van der Waals surface area contributed by atoms with Crippen LogP contribution in [0.3, 0.4) is 0 Å². The van der Waals surface area contributed by atoms with Crippen LogP contribution in [0.25, 0.3) is 0 Å². The fourth-order valence-electron chi connectivity index (χ4n) is 0.948. The Hall–Kier alpha value is -1.32. The van der Waals surface area contributed by atoms with E-state index in [9.17, 15) is 4.79 Å². The third-order valence-electron chi connectivity index (χ3n) is 1.68. The molecule has 0 fully saturated rings. The highest BCUT2D eigenvalue weighted by Gasteiger charge is 2.12. The van der Waals surface area contributed by atoms with E-state index in [4.69, 9.17) is 5.11 Å². The Morgan fingerprint density at radius 3 is 2.92 bits per heavy atom. The van der Waals surface area contributed by atoms with Gasteiger partial charge in [-0.25, -0.2) is 4.98 Å². The van der Waals surface area contributed by atoms with Crippen LogP contribution in [-0.2, 0) is 11.2 Å². The minimum Gasteiger partial charge on any atom is -0.481 e. The highest BCUT2D eigenvalue weighted by atomic mass is 16.4. The zero-order chi connectivity index (χ0) is 9.14. The third-order valence-corrected chi connectivity index (χ3v) is 1.68. The van der Waals surface area contributed by atoms with Crippen LogP contribution < -0.4 is 0 Å². The van der Waals surface area contributed by atoms with Crippen molar-refractivity contribution in [3.05, 3.63) is 17.7 Å². The molecular formula is C8H12N2O2. The van der Waals surface area contributed by atoms with Crippen molar-refractivity contribution in [2.24, 2.45) is 5.92 Å². The number of nitrogens with one attached hydrogen (secondary N) is 1. The van der Waals surface area contributed by atoms with Crippen LogP contribution >= 0.6 is 0 Å². The standard InChI is InChI=1S/C8H12N2O2/c1-5(8(11)12)3-7-9-4-6(2)10-7/h4-5H,3H2,1-2H3,(H,9,10)(H,11,12). The van der Waals surface area contributed by atoms with E-state index in [2.05, 4.69) is 9.97 Å². The summed E-state index contributed by atoms with van der Waals surface area (Å²) in [5.74, 6) is -0.429. The Labute approximate surface area is 70.6 Å². The van der Waals surface area contributed by atoms with Crippen LogP contribution in [0.4, 0.5) is 0 Å². The van der Waals surface area contributed by atoms with E-state index in [1.165, 1.54) is 0 Å². The molecular weight excluding hydrogens is 156 g/mol. The van der Waals surface area contributed by atoms with Crippen molar-refractivity contribution in [2.75, 3.05) is 0 Å². The average molecular weight is 168 g/mol. The SMILES string of the molecule is Cc1cnc(CC(C)C(=O)O)[nH]1. The van der Waals surface area contributed by atoms with Crippen molar-refractivity contribution in [1.82, 2.24) is 9.97 Å². The molecule has 1 aromatic rings. The topological polar surface area (TPSA) is 66.0 Å². The van der Waals surface area contributed by atoms with Gasteiger partial charge in [-0.15, -0.1) is 0 Å². The van der Waals surface area contributed by atoms with Gasteiger partial charge in [-0.1, -0.05) is 6.92 Å². The van der Waals surface area contributed by atoms with Crippen molar-refractivity contribution < 1.29 is 9.90 Å². The third kappa shape index (κ3) is 2.08. The van der Waals surface area contributed by atoms with E-state index in [0.717, 1.165) is 11.5 Å². The molecule has 0 aliphatic heterocycles. The molecule has 2 N–H and O–H groups in total. The van der Waals surface area contributed by atoms with Crippen molar-refractivity contribution in [3.63, 3.8) is 0 Å². The molecule has 0 saturated heterocycles. The highest BCUT2D eigenvalue weighted by Crippen LogP contribution is 2.04. The average Bonchev–Trinajstić information content (AvgIpc) is 2.35. The van der Waals surface area contributed by atoms with Gasteiger partial charge in [-0.05, 0) is 6.92 Å². The molecule has 0 bridgehead atoms. The van der Waals surface area contributed by atoms with E-state index in [-0.39, 0.29) is 5.92 Å². The molecule has 4 heteroatoms. The fourth-order valence-corrected chi connectivity index (χ4v) is 0.948. The van der Waals surface area contributed by atoms with Gasteiger partial charge in [0.1, 0.15) is 5.82 Å². The van der Waals surface area contributed by atoms with Crippen LogP contribution in [0.15, 0.2) is 6.20 Å². The summed E-state index contributed by atoms with van der Waals surface area (Å²) in [7, 11) is 0. The lowest BCUT2D eigenvalue weighted by molar-refractivity contribution is -0.141. The molecule has 4 nitrogen and oxygen atoms in total. The number of rotatable bonds is 3. The summed E-state index contributed by atoms with van der Waals surface area (Å²) >= 11 is 0. The normalized spacial score (nSPS) is 12.8. The second kappa shape index (κ2) is 3.38. The first-order valence-electron chi connectivity index (χ1n) is 3.83. The number of nitrogens with zero attached hydrogens (tertiary/aromatic N) is 1. The van der Waals surface area contributed by atoms with Gasteiger partial charge in [-0.2, -0.15) is 0 Å².